The van der Waals surface area contributed by atoms with Gasteiger partial charge in [-0.1, -0.05) is 0 Å². The highest BCUT2D eigenvalue weighted by atomic mass is 32.1. The summed E-state index contributed by atoms with van der Waals surface area (Å²) in [6.07, 6.45) is 3.36. The van der Waals surface area contributed by atoms with Crippen molar-refractivity contribution in [3.8, 4) is 0 Å². The van der Waals surface area contributed by atoms with Crippen LogP contribution in [0.25, 0.3) is 0 Å². The molecule has 1 aliphatic rings. The zero-order chi connectivity index (χ0) is 9.97. The Morgan fingerprint density at radius 1 is 1.57 bits per heavy atom. The molecular formula is C10H15NO2S. The van der Waals surface area contributed by atoms with Gasteiger partial charge in [-0.05, 0) is 25.7 Å². The molecule has 1 N–H and O–H groups in total. The van der Waals surface area contributed by atoms with E-state index < -0.39 is 0 Å². The van der Waals surface area contributed by atoms with Gasteiger partial charge in [0, 0.05) is 19.4 Å². The van der Waals surface area contributed by atoms with Gasteiger partial charge >= 0.3 is 0 Å². The number of hydrogen-bond acceptors (Lipinski definition) is 4. The molecule has 1 aromatic rings. The summed E-state index contributed by atoms with van der Waals surface area (Å²) in [6.45, 7) is 3.52. The van der Waals surface area contributed by atoms with E-state index in [4.69, 9.17) is 4.74 Å². The zero-order valence-corrected chi connectivity index (χ0v) is 9.09. The Labute approximate surface area is 87.7 Å². The number of rotatable bonds is 2. The summed E-state index contributed by atoms with van der Waals surface area (Å²) >= 11 is 1.59. The Hall–Kier alpha value is -0.450. The summed E-state index contributed by atoms with van der Waals surface area (Å²) in [5.41, 5.74) is 0. The minimum absolute atomic E-state index is 0.343. The average Bonchev–Trinajstić information content (AvgIpc) is 2.65. The molecule has 0 amide bonds. The molecule has 0 aromatic carbocycles. The molecule has 0 radical (unpaired) electrons. The first kappa shape index (κ1) is 10.1. The highest BCUT2D eigenvalue weighted by Gasteiger charge is 2.24. The average molecular weight is 213 g/mol. The summed E-state index contributed by atoms with van der Waals surface area (Å²) in [7, 11) is 0. The monoisotopic (exact) mass is 213 g/mol. The first-order chi connectivity index (χ1) is 6.77. The van der Waals surface area contributed by atoms with Gasteiger partial charge in [0.2, 0.25) is 0 Å². The lowest BCUT2D eigenvalue weighted by atomic mass is 9.93. The second-order valence-corrected chi connectivity index (χ2v) is 4.94. The molecule has 78 valence electrons. The lowest BCUT2D eigenvalue weighted by Crippen LogP contribution is -2.21. The van der Waals surface area contributed by atoms with Gasteiger partial charge in [-0.15, -0.1) is 11.3 Å². The van der Waals surface area contributed by atoms with E-state index in [0.29, 0.717) is 5.92 Å². The van der Waals surface area contributed by atoms with Crippen LogP contribution in [-0.2, 0) is 4.74 Å². The fourth-order valence-electron chi connectivity index (χ4n) is 1.78. The van der Waals surface area contributed by atoms with E-state index in [1.54, 1.807) is 17.5 Å². The highest BCUT2D eigenvalue weighted by molar-refractivity contribution is 7.11. The van der Waals surface area contributed by atoms with Crippen LogP contribution in [-0.4, -0.2) is 23.3 Å². The van der Waals surface area contributed by atoms with Crippen LogP contribution in [0.15, 0.2) is 6.20 Å². The van der Waals surface area contributed by atoms with Crippen LogP contribution < -0.4 is 0 Å². The quantitative estimate of drug-likeness (QED) is 0.816. The SMILES string of the molecule is Cc1ncc(C(O)C2CCOCC2)s1. The summed E-state index contributed by atoms with van der Waals surface area (Å²) < 4.78 is 5.27. The van der Waals surface area contributed by atoms with Crippen molar-refractivity contribution in [2.45, 2.75) is 25.9 Å². The Kier molecular flexibility index (Phi) is 3.15. The van der Waals surface area contributed by atoms with E-state index in [1.165, 1.54) is 0 Å². The first-order valence-electron chi connectivity index (χ1n) is 4.95. The number of nitrogens with zero attached hydrogens (tertiary/aromatic N) is 1. The van der Waals surface area contributed by atoms with E-state index >= 15 is 0 Å². The predicted octanol–water partition coefficient (Wildman–Crippen LogP) is 1.91. The summed E-state index contributed by atoms with van der Waals surface area (Å²) in [6, 6.07) is 0. The molecule has 2 rings (SSSR count). The molecule has 1 atom stereocenters. The van der Waals surface area contributed by atoms with E-state index in [1.807, 2.05) is 6.92 Å². The molecular weight excluding hydrogens is 198 g/mol. The minimum Gasteiger partial charge on any atom is -0.387 e. The van der Waals surface area contributed by atoms with Gasteiger partial charge in [0.1, 0.15) is 0 Å². The third kappa shape index (κ3) is 2.13. The third-order valence-electron chi connectivity index (χ3n) is 2.64. The van der Waals surface area contributed by atoms with Crippen molar-refractivity contribution in [2.24, 2.45) is 5.92 Å². The Morgan fingerprint density at radius 2 is 2.29 bits per heavy atom. The van der Waals surface area contributed by atoms with Gasteiger partial charge in [0.05, 0.1) is 16.0 Å². The minimum atomic E-state index is -0.343. The number of ether oxygens (including phenoxy) is 1. The molecule has 1 fully saturated rings. The van der Waals surface area contributed by atoms with Gasteiger partial charge in [0.15, 0.2) is 0 Å². The van der Waals surface area contributed by atoms with Crippen molar-refractivity contribution in [1.29, 1.82) is 0 Å². The fraction of sp³-hybridized carbons (Fsp3) is 0.700. The molecule has 1 aliphatic heterocycles. The fourth-order valence-corrected chi connectivity index (χ4v) is 2.64. The van der Waals surface area contributed by atoms with Crippen LogP contribution >= 0.6 is 11.3 Å². The van der Waals surface area contributed by atoms with Crippen LogP contribution in [0.2, 0.25) is 0 Å². The van der Waals surface area contributed by atoms with Gasteiger partial charge < -0.3 is 9.84 Å². The molecule has 2 heterocycles. The van der Waals surface area contributed by atoms with Crippen LogP contribution in [0.5, 0.6) is 0 Å². The maximum atomic E-state index is 10.1. The Bertz CT molecular complexity index is 294. The van der Waals surface area contributed by atoms with E-state index in [-0.39, 0.29) is 6.10 Å². The van der Waals surface area contributed by atoms with Crippen molar-refractivity contribution in [3.05, 3.63) is 16.1 Å². The van der Waals surface area contributed by atoms with Gasteiger partial charge in [0.25, 0.3) is 0 Å². The molecule has 1 saturated heterocycles. The lowest BCUT2D eigenvalue weighted by Gasteiger charge is -2.25. The van der Waals surface area contributed by atoms with Crippen LogP contribution in [0, 0.1) is 12.8 Å². The Balaban J connectivity index is 2.03. The van der Waals surface area contributed by atoms with Gasteiger partial charge in [-0.25, -0.2) is 4.98 Å². The predicted molar refractivity (Wildman–Crippen MR) is 55.4 cm³/mol. The molecule has 14 heavy (non-hydrogen) atoms. The maximum Gasteiger partial charge on any atom is 0.0927 e. The molecule has 0 bridgehead atoms. The van der Waals surface area contributed by atoms with E-state index in [2.05, 4.69) is 4.98 Å². The smallest absolute Gasteiger partial charge is 0.0927 e. The molecule has 1 aromatic heterocycles. The van der Waals surface area contributed by atoms with Crippen LogP contribution in [0.3, 0.4) is 0 Å². The number of aryl methyl sites for hydroxylation is 1. The molecule has 0 spiro atoms. The van der Waals surface area contributed by atoms with E-state index in [0.717, 1.165) is 35.9 Å². The summed E-state index contributed by atoms with van der Waals surface area (Å²) in [5, 5.41) is 11.1. The molecule has 3 nitrogen and oxygen atoms in total. The number of aromatic nitrogens is 1. The van der Waals surface area contributed by atoms with Crippen molar-refractivity contribution in [1.82, 2.24) is 4.98 Å². The standard InChI is InChI=1S/C10H15NO2S/c1-7-11-6-9(14-7)10(12)8-2-4-13-5-3-8/h6,8,10,12H,2-5H2,1H3. The second-order valence-electron chi connectivity index (χ2n) is 3.68. The second kappa shape index (κ2) is 4.38. The number of aliphatic hydroxyl groups is 1. The highest BCUT2D eigenvalue weighted by Crippen LogP contribution is 2.32. The molecule has 0 saturated carbocycles. The normalized spacial score (nSPS) is 21.0. The zero-order valence-electron chi connectivity index (χ0n) is 8.27. The number of aliphatic hydroxyl groups excluding tert-OH is 1. The number of hydrogen-bond donors (Lipinski definition) is 1. The maximum absolute atomic E-state index is 10.1. The van der Waals surface area contributed by atoms with Crippen molar-refractivity contribution < 1.29 is 9.84 Å². The van der Waals surface area contributed by atoms with Crippen molar-refractivity contribution >= 4 is 11.3 Å². The molecule has 4 heteroatoms. The first-order valence-corrected chi connectivity index (χ1v) is 5.77. The van der Waals surface area contributed by atoms with Crippen molar-refractivity contribution in [2.75, 3.05) is 13.2 Å². The molecule has 1 unspecified atom stereocenters. The summed E-state index contributed by atoms with van der Waals surface area (Å²) in [5.74, 6) is 0.351. The largest absolute Gasteiger partial charge is 0.387 e. The third-order valence-corrected chi connectivity index (χ3v) is 3.63. The van der Waals surface area contributed by atoms with Crippen LogP contribution in [0.1, 0.15) is 28.8 Å². The lowest BCUT2D eigenvalue weighted by molar-refractivity contribution is 0.00846. The molecule has 0 aliphatic carbocycles. The summed E-state index contributed by atoms with van der Waals surface area (Å²) in [4.78, 5) is 5.15. The van der Waals surface area contributed by atoms with Gasteiger partial charge in [-0.2, -0.15) is 0 Å². The van der Waals surface area contributed by atoms with E-state index in [9.17, 15) is 5.11 Å². The van der Waals surface area contributed by atoms with Crippen LogP contribution in [0.4, 0.5) is 0 Å². The van der Waals surface area contributed by atoms with Gasteiger partial charge in [-0.3, -0.25) is 0 Å². The van der Waals surface area contributed by atoms with Crippen molar-refractivity contribution in [3.63, 3.8) is 0 Å². The Morgan fingerprint density at radius 3 is 2.86 bits per heavy atom. The topological polar surface area (TPSA) is 42.4 Å². The number of thiazole rings is 1.